The van der Waals surface area contributed by atoms with E-state index in [4.69, 9.17) is 0 Å². The predicted octanol–water partition coefficient (Wildman–Crippen LogP) is 1.96. The first-order valence-corrected chi connectivity index (χ1v) is 3.84. The summed E-state index contributed by atoms with van der Waals surface area (Å²) in [5.41, 5.74) is 0. The lowest BCUT2D eigenvalue weighted by molar-refractivity contribution is -0.142. The van der Waals surface area contributed by atoms with Crippen molar-refractivity contribution < 1.29 is 13.2 Å². The summed E-state index contributed by atoms with van der Waals surface area (Å²) in [6, 6.07) is 0. The van der Waals surface area contributed by atoms with Crippen molar-refractivity contribution in [2.24, 2.45) is 0 Å². The van der Waals surface area contributed by atoms with Crippen molar-refractivity contribution in [1.29, 1.82) is 0 Å². The van der Waals surface area contributed by atoms with Gasteiger partial charge in [-0.3, -0.25) is 0 Å². The van der Waals surface area contributed by atoms with Gasteiger partial charge in [0.15, 0.2) is 5.82 Å². The third kappa shape index (κ3) is 3.04. The minimum absolute atomic E-state index is 0.0504. The quantitative estimate of drug-likeness (QED) is 0.718. The number of hydrogen-bond donors (Lipinski definition) is 0. The summed E-state index contributed by atoms with van der Waals surface area (Å²) in [6.45, 7) is 2.58. The van der Waals surface area contributed by atoms with Crippen LogP contribution in [0.15, 0.2) is 6.33 Å². The normalized spacial score (nSPS) is 12.5. The lowest BCUT2D eigenvalue weighted by atomic mass is 10.2. The maximum atomic E-state index is 11.9. The summed E-state index contributed by atoms with van der Waals surface area (Å²) in [6.07, 6.45) is -3.13. The molecule has 6 heteroatoms. The number of hydrogen-bond acceptors (Lipinski definition) is 2. The summed E-state index contributed by atoms with van der Waals surface area (Å²) in [5.74, 6) is 0.485. The topological polar surface area (TPSA) is 30.7 Å². The second-order valence-corrected chi connectivity index (χ2v) is 3.07. The van der Waals surface area contributed by atoms with Gasteiger partial charge in [0.25, 0.3) is 0 Å². The summed E-state index contributed by atoms with van der Waals surface area (Å²) in [4.78, 5) is 3.75. The van der Waals surface area contributed by atoms with Crippen LogP contribution in [0.2, 0.25) is 0 Å². The van der Waals surface area contributed by atoms with Crippen molar-refractivity contribution in [1.82, 2.24) is 14.8 Å². The predicted molar refractivity (Wildman–Crippen MR) is 40.2 cm³/mol. The highest BCUT2D eigenvalue weighted by molar-refractivity contribution is 4.88. The number of rotatable bonds is 2. The average molecular weight is 193 g/mol. The van der Waals surface area contributed by atoms with Crippen molar-refractivity contribution in [2.75, 3.05) is 0 Å². The molecule has 0 unspecified atom stereocenters. The van der Waals surface area contributed by atoms with Crippen LogP contribution >= 0.6 is 0 Å². The third-order valence-corrected chi connectivity index (χ3v) is 1.41. The lowest BCUT2D eigenvalue weighted by Gasteiger charge is -2.04. The Morgan fingerprint density at radius 1 is 1.46 bits per heavy atom. The van der Waals surface area contributed by atoms with Crippen LogP contribution in [-0.4, -0.2) is 20.9 Å². The molecular weight excluding hydrogens is 183 g/mol. The van der Waals surface area contributed by atoms with E-state index in [2.05, 4.69) is 10.1 Å². The third-order valence-electron chi connectivity index (χ3n) is 1.41. The first-order valence-electron chi connectivity index (χ1n) is 3.84. The first kappa shape index (κ1) is 10.0. The highest BCUT2D eigenvalue weighted by atomic mass is 19.4. The van der Waals surface area contributed by atoms with Crippen LogP contribution in [-0.2, 0) is 6.54 Å². The molecule has 1 aromatic heterocycles. The second-order valence-electron chi connectivity index (χ2n) is 3.07. The zero-order valence-electron chi connectivity index (χ0n) is 7.34. The molecule has 0 fully saturated rings. The van der Waals surface area contributed by atoms with E-state index >= 15 is 0 Å². The van der Waals surface area contributed by atoms with Crippen LogP contribution in [0, 0.1) is 0 Å². The Bertz CT molecular complexity index is 277. The highest BCUT2D eigenvalue weighted by Gasteiger charge is 2.28. The maximum absolute atomic E-state index is 11.9. The summed E-state index contributed by atoms with van der Waals surface area (Å²) in [5, 5.41) is 3.68. The Balaban J connectivity index is 2.70. The van der Waals surface area contributed by atoms with Crippen LogP contribution in [0.25, 0.3) is 0 Å². The molecule has 0 radical (unpaired) electrons. The Morgan fingerprint density at radius 2 is 2.08 bits per heavy atom. The summed E-state index contributed by atoms with van der Waals surface area (Å²) < 4.78 is 36.4. The molecule has 1 rings (SSSR count). The molecule has 0 amide bonds. The molecule has 74 valence electrons. The van der Waals surface area contributed by atoms with Crippen LogP contribution in [0.5, 0.6) is 0 Å². The van der Waals surface area contributed by atoms with Crippen molar-refractivity contribution in [3.63, 3.8) is 0 Å². The van der Waals surface area contributed by atoms with Crippen molar-refractivity contribution >= 4 is 0 Å². The minimum Gasteiger partial charge on any atom is -0.244 e. The Kier molecular flexibility index (Phi) is 2.58. The van der Waals surface area contributed by atoms with Gasteiger partial charge in [-0.25, -0.2) is 9.67 Å². The molecule has 3 nitrogen and oxygen atoms in total. The molecule has 0 N–H and O–H groups in total. The molecule has 0 saturated heterocycles. The molecule has 0 spiro atoms. The molecule has 1 aromatic rings. The standard InChI is InChI=1S/C7H10F3N3/c1-5(2)6-11-4-13(12-6)3-7(8,9)10/h4-5H,3H2,1-2H3. The Labute approximate surface area is 73.6 Å². The minimum atomic E-state index is -4.23. The lowest BCUT2D eigenvalue weighted by Crippen LogP contribution is -2.18. The van der Waals surface area contributed by atoms with E-state index in [0.717, 1.165) is 11.0 Å². The van der Waals surface area contributed by atoms with Gasteiger partial charge in [0.2, 0.25) is 0 Å². The summed E-state index contributed by atoms with van der Waals surface area (Å²) >= 11 is 0. The van der Waals surface area contributed by atoms with E-state index < -0.39 is 12.7 Å². The Morgan fingerprint density at radius 3 is 2.46 bits per heavy atom. The Hall–Kier alpha value is -1.07. The van der Waals surface area contributed by atoms with Crippen LogP contribution in [0.1, 0.15) is 25.6 Å². The van der Waals surface area contributed by atoms with Gasteiger partial charge in [0.1, 0.15) is 12.9 Å². The van der Waals surface area contributed by atoms with Gasteiger partial charge in [0, 0.05) is 5.92 Å². The van der Waals surface area contributed by atoms with Gasteiger partial charge in [-0.15, -0.1) is 0 Å². The first-order chi connectivity index (χ1) is 5.88. The molecule has 0 saturated carbocycles. The fourth-order valence-electron chi connectivity index (χ4n) is 0.833. The van der Waals surface area contributed by atoms with Crippen molar-refractivity contribution in [3.05, 3.63) is 12.2 Å². The van der Waals surface area contributed by atoms with E-state index in [1.165, 1.54) is 0 Å². The monoisotopic (exact) mass is 193 g/mol. The second kappa shape index (κ2) is 3.35. The van der Waals surface area contributed by atoms with Gasteiger partial charge < -0.3 is 0 Å². The molecule has 13 heavy (non-hydrogen) atoms. The molecule has 0 aliphatic heterocycles. The van der Waals surface area contributed by atoms with Gasteiger partial charge in [-0.1, -0.05) is 13.8 Å². The van der Waals surface area contributed by atoms with E-state index in [-0.39, 0.29) is 5.92 Å². The number of nitrogens with zero attached hydrogens (tertiary/aromatic N) is 3. The van der Waals surface area contributed by atoms with Crippen LogP contribution < -0.4 is 0 Å². The van der Waals surface area contributed by atoms with Crippen LogP contribution in [0.4, 0.5) is 13.2 Å². The van der Waals surface area contributed by atoms with Gasteiger partial charge in [-0.05, 0) is 0 Å². The smallest absolute Gasteiger partial charge is 0.244 e. The largest absolute Gasteiger partial charge is 0.408 e. The van der Waals surface area contributed by atoms with Crippen molar-refractivity contribution in [2.45, 2.75) is 32.5 Å². The zero-order valence-corrected chi connectivity index (χ0v) is 7.34. The number of halogens is 3. The van der Waals surface area contributed by atoms with E-state index in [1.54, 1.807) is 0 Å². The fraction of sp³-hybridized carbons (Fsp3) is 0.714. The highest BCUT2D eigenvalue weighted by Crippen LogP contribution is 2.17. The maximum Gasteiger partial charge on any atom is 0.408 e. The molecule has 1 heterocycles. The molecule has 0 bridgehead atoms. The van der Waals surface area contributed by atoms with Crippen LogP contribution in [0.3, 0.4) is 0 Å². The average Bonchev–Trinajstić information content (AvgIpc) is 2.31. The molecule has 0 aromatic carbocycles. The fourth-order valence-corrected chi connectivity index (χ4v) is 0.833. The molecular formula is C7H10F3N3. The van der Waals surface area contributed by atoms with E-state index in [1.807, 2.05) is 13.8 Å². The zero-order chi connectivity index (χ0) is 10.1. The van der Waals surface area contributed by atoms with E-state index in [0.29, 0.717) is 5.82 Å². The number of aromatic nitrogens is 3. The van der Waals surface area contributed by atoms with E-state index in [9.17, 15) is 13.2 Å². The van der Waals surface area contributed by atoms with Gasteiger partial charge >= 0.3 is 6.18 Å². The molecule has 0 aliphatic rings. The molecule has 0 atom stereocenters. The number of alkyl halides is 3. The van der Waals surface area contributed by atoms with Gasteiger partial charge in [-0.2, -0.15) is 18.3 Å². The summed E-state index contributed by atoms with van der Waals surface area (Å²) in [7, 11) is 0. The molecule has 0 aliphatic carbocycles. The van der Waals surface area contributed by atoms with Crippen molar-refractivity contribution in [3.8, 4) is 0 Å². The van der Waals surface area contributed by atoms with Gasteiger partial charge in [0.05, 0.1) is 0 Å². The SMILES string of the molecule is CC(C)c1ncn(CC(F)(F)F)n1.